The first-order chi connectivity index (χ1) is 5.97. The van der Waals surface area contributed by atoms with Crippen LogP contribution in [0.3, 0.4) is 0 Å². The lowest BCUT2D eigenvalue weighted by molar-refractivity contribution is 0.367. The van der Waals surface area contributed by atoms with Crippen LogP contribution in [0.1, 0.15) is 26.2 Å². The van der Waals surface area contributed by atoms with Crippen molar-refractivity contribution in [3.8, 4) is 0 Å². The minimum absolute atomic E-state index is 0.0291. The maximum absolute atomic E-state index is 11.5. The van der Waals surface area contributed by atoms with Gasteiger partial charge in [-0.05, 0) is 25.2 Å². The standard InChI is InChI=1S/C8H16BrNO2S/c1-7-3-4-8(5-7)10(2)13(11,12)6-9/h7-8H,3-6H2,1-2H3. The Morgan fingerprint density at radius 1 is 1.46 bits per heavy atom. The predicted octanol–water partition coefficient (Wildman–Crippen LogP) is 1.79. The summed E-state index contributed by atoms with van der Waals surface area (Å²) in [5, 5.41) is 0. The van der Waals surface area contributed by atoms with Crippen LogP contribution in [-0.4, -0.2) is 30.5 Å². The molecule has 1 rings (SSSR count). The molecular weight excluding hydrogens is 254 g/mol. The van der Waals surface area contributed by atoms with E-state index in [2.05, 4.69) is 22.9 Å². The third kappa shape index (κ3) is 2.67. The molecule has 0 aromatic carbocycles. The monoisotopic (exact) mass is 269 g/mol. The molecule has 0 aliphatic heterocycles. The molecule has 2 atom stereocenters. The topological polar surface area (TPSA) is 37.4 Å². The van der Waals surface area contributed by atoms with Gasteiger partial charge in [0.25, 0.3) is 0 Å². The van der Waals surface area contributed by atoms with Crippen LogP contribution >= 0.6 is 15.9 Å². The van der Waals surface area contributed by atoms with Gasteiger partial charge in [0.1, 0.15) is 4.66 Å². The minimum atomic E-state index is -3.06. The predicted molar refractivity (Wildman–Crippen MR) is 57.3 cm³/mol. The molecule has 1 aliphatic rings. The number of halogens is 1. The first kappa shape index (κ1) is 11.5. The molecule has 0 aromatic heterocycles. The molecule has 13 heavy (non-hydrogen) atoms. The van der Waals surface area contributed by atoms with Crippen molar-refractivity contribution in [2.45, 2.75) is 32.2 Å². The second-order valence-electron chi connectivity index (χ2n) is 3.81. The van der Waals surface area contributed by atoms with Gasteiger partial charge in [-0.25, -0.2) is 12.7 Å². The number of hydrogen-bond acceptors (Lipinski definition) is 2. The van der Waals surface area contributed by atoms with Crippen molar-refractivity contribution in [1.29, 1.82) is 0 Å². The highest BCUT2D eigenvalue weighted by Gasteiger charge is 2.30. The van der Waals surface area contributed by atoms with E-state index in [0.29, 0.717) is 5.92 Å². The SMILES string of the molecule is CC1CCC(N(C)S(=O)(=O)CBr)C1. The number of sulfonamides is 1. The van der Waals surface area contributed by atoms with Gasteiger partial charge in [-0.3, -0.25) is 0 Å². The van der Waals surface area contributed by atoms with Gasteiger partial charge in [0.15, 0.2) is 0 Å². The molecule has 0 N–H and O–H groups in total. The molecule has 0 aromatic rings. The van der Waals surface area contributed by atoms with Crippen molar-refractivity contribution in [1.82, 2.24) is 4.31 Å². The van der Waals surface area contributed by atoms with E-state index in [1.807, 2.05) is 0 Å². The molecular formula is C8H16BrNO2S. The summed E-state index contributed by atoms with van der Waals surface area (Å²) in [7, 11) is -1.38. The van der Waals surface area contributed by atoms with E-state index in [4.69, 9.17) is 0 Å². The van der Waals surface area contributed by atoms with E-state index in [1.165, 1.54) is 4.31 Å². The summed E-state index contributed by atoms with van der Waals surface area (Å²) >= 11 is 3.00. The Labute approximate surface area is 88.7 Å². The highest BCUT2D eigenvalue weighted by atomic mass is 79.9. The van der Waals surface area contributed by atoms with E-state index < -0.39 is 10.0 Å². The van der Waals surface area contributed by atoms with Crippen LogP contribution in [0.4, 0.5) is 0 Å². The Kier molecular flexibility index (Phi) is 3.77. The van der Waals surface area contributed by atoms with E-state index in [-0.39, 0.29) is 10.7 Å². The minimum Gasteiger partial charge on any atom is -0.211 e. The second-order valence-corrected chi connectivity index (χ2v) is 7.14. The molecule has 0 radical (unpaired) electrons. The molecule has 0 bridgehead atoms. The Morgan fingerprint density at radius 2 is 2.08 bits per heavy atom. The van der Waals surface area contributed by atoms with Crippen molar-refractivity contribution in [3.05, 3.63) is 0 Å². The number of rotatable bonds is 3. The fourth-order valence-electron chi connectivity index (χ4n) is 1.81. The molecule has 78 valence electrons. The quantitative estimate of drug-likeness (QED) is 0.733. The highest BCUT2D eigenvalue weighted by Crippen LogP contribution is 2.29. The molecule has 1 fully saturated rings. The lowest BCUT2D eigenvalue weighted by Crippen LogP contribution is -2.35. The van der Waals surface area contributed by atoms with Gasteiger partial charge < -0.3 is 0 Å². The van der Waals surface area contributed by atoms with Crippen LogP contribution in [-0.2, 0) is 10.0 Å². The van der Waals surface area contributed by atoms with Crippen LogP contribution in [0.25, 0.3) is 0 Å². The Balaban J connectivity index is 2.63. The zero-order valence-electron chi connectivity index (χ0n) is 8.03. The van der Waals surface area contributed by atoms with Crippen molar-refractivity contribution >= 4 is 26.0 Å². The van der Waals surface area contributed by atoms with Crippen LogP contribution in [0.5, 0.6) is 0 Å². The summed E-state index contributed by atoms with van der Waals surface area (Å²) in [5.41, 5.74) is 0. The van der Waals surface area contributed by atoms with Gasteiger partial charge >= 0.3 is 0 Å². The van der Waals surface area contributed by atoms with Crippen molar-refractivity contribution in [2.24, 2.45) is 5.92 Å². The molecule has 2 unspecified atom stereocenters. The summed E-state index contributed by atoms with van der Waals surface area (Å²) in [6, 6.07) is 0.220. The molecule has 0 spiro atoms. The van der Waals surface area contributed by atoms with Gasteiger partial charge in [-0.2, -0.15) is 0 Å². The molecule has 5 heteroatoms. The van der Waals surface area contributed by atoms with Gasteiger partial charge in [0, 0.05) is 13.1 Å². The average molecular weight is 270 g/mol. The van der Waals surface area contributed by atoms with Gasteiger partial charge in [-0.15, -0.1) is 0 Å². The zero-order chi connectivity index (χ0) is 10.1. The number of alkyl halides is 1. The third-order valence-corrected chi connectivity index (χ3v) is 5.95. The van der Waals surface area contributed by atoms with Crippen LogP contribution in [0.15, 0.2) is 0 Å². The summed E-state index contributed by atoms with van der Waals surface area (Å²) in [4.78, 5) is 0. The second kappa shape index (κ2) is 4.28. The van der Waals surface area contributed by atoms with Crippen molar-refractivity contribution in [2.75, 3.05) is 11.7 Å². The van der Waals surface area contributed by atoms with Crippen LogP contribution in [0.2, 0.25) is 0 Å². The molecule has 1 saturated carbocycles. The summed E-state index contributed by atoms with van der Waals surface area (Å²) < 4.78 is 24.5. The zero-order valence-corrected chi connectivity index (χ0v) is 10.4. The summed E-state index contributed by atoms with van der Waals surface area (Å²) in [6.45, 7) is 2.18. The number of hydrogen-bond donors (Lipinski definition) is 0. The first-order valence-corrected chi connectivity index (χ1v) is 7.22. The summed E-state index contributed by atoms with van der Waals surface area (Å²) in [5.74, 6) is 0.665. The molecule has 1 aliphatic carbocycles. The fourth-order valence-corrected chi connectivity index (χ4v) is 3.58. The van der Waals surface area contributed by atoms with E-state index in [1.54, 1.807) is 7.05 Å². The van der Waals surface area contributed by atoms with E-state index in [0.717, 1.165) is 19.3 Å². The van der Waals surface area contributed by atoms with Crippen molar-refractivity contribution in [3.63, 3.8) is 0 Å². The number of nitrogens with zero attached hydrogens (tertiary/aromatic N) is 1. The highest BCUT2D eigenvalue weighted by molar-refractivity contribution is 9.10. The Morgan fingerprint density at radius 3 is 2.46 bits per heavy atom. The Bertz CT molecular complexity index is 265. The molecule has 0 heterocycles. The summed E-state index contributed by atoms with van der Waals surface area (Å²) in [6.07, 6.45) is 3.15. The van der Waals surface area contributed by atoms with Crippen molar-refractivity contribution < 1.29 is 8.42 Å². The van der Waals surface area contributed by atoms with Crippen LogP contribution < -0.4 is 0 Å². The molecule has 0 amide bonds. The normalized spacial score (nSPS) is 29.8. The average Bonchev–Trinajstić information content (AvgIpc) is 2.50. The van der Waals surface area contributed by atoms with Gasteiger partial charge in [-0.1, -0.05) is 22.9 Å². The first-order valence-electron chi connectivity index (χ1n) is 4.49. The van der Waals surface area contributed by atoms with Gasteiger partial charge in [0.05, 0.1) is 0 Å². The maximum Gasteiger partial charge on any atom is 0.224 e. The van der Waals surface area contributed by atoms with Gasteiger partial charge in [0.2, 0.25) is 10.0 Å². The largest absolute Gasteiger partial charge is 0.224 e. The smallest absolute Gasteiger partial charge is 0.211 e. The van der Waals surface area contributed by atoms with E-state index >= 15 is 0 Å². The lowest BCUT2D eigenvalue weighted by Gasteiger charge is -2.22. The lowest BCUT2D eigenvalue weighted by atomic mass is 10.1. The maximum atomic E-state index is 11.5. The fraction of sp³-hybridized carbons (Fsp3) is 1.00. The van der Waals surface area contributed by atoms with E-state index in [9.17, 15) is 8.42 Å². The molecule has 3 nitrogen and oxygen atoms in total. The van der Waals surface area contributed by atoms with Crippen LogP contribution in [0, 0.1) is 5.92 Å². The molecule has 0 saturated heterocycles. The third-order valence-electron chi connectivity index (χ3n) is 2.76. The Hall–Kier alpha value is 0.390.